The van der Waals surface area contributed by atoms with Crippen molar-refractivity contribution >= 4 is 11.3 Å². The molecule has 0 saturated heterocycles. The van der Waals surface area contributed by atoms with Crippen LogP contribution in [0.25, 0.3) is 0 Å². The average molecular weight is 198 g/mol. The summed E-state index contributed by atoms with van der Waals surface area (Å²) < 4.78 is 0. The van der Waals surface area contributed by atoms with Gasteiger partial charge in [0.2, 0.25) is 0 Å². The first-order valence-corrected chi connectivity index (χ1v) is 5.52. The van der Waals surface area contributed by atoms with Gasteiger partial charge >= 0.3 is 0 Å². The van der Waals surface area contributed by atoms with Gasteiger partial charge in [0.1, 0.15) is 0 Å². The van der Waals surface area contributed by atoms with E-state index in [9.17, 15) is 0 Å². The number of thiophene rings is 1. The molecule has 1 atom stereocenters. The molecule has 1 aromatic heterocycles. The van der Waals surface area contributed by atoms with Crippen molar-refractivity contribution in [1.82, 2.24) is 5.32 Å². The number of aryl methyl sites for hydroxylation is 1. The van der Waals surface area contributed by atoms with Crippen LogP contribution < -0.4 is 11.1 Å². The van der Waals surface area contributed by atoms with E-state index in [4.69, 9.17) is 5.73 Å². The molecule has 2 nitrogen and oxygen atoms in total. The Balaban J connectivity index is 2.13. The third-order valence-electron chi connectivity index (χ3n) is 1.87. The van der Waals surface area contributed by atoms with Crippen molar-refractivity contribution in [2.24, 2.45) is 5.73 Å². The summed E-state index contributed by atoms with van der Waals surface area (Å²) in [6.45, 7) is 6.16. The summed E-state index contributed by atoms with van der Waals surface area (Å²) in [5.41, 5.74) is 5.64. The molecule has 3 N–H and O–H groups in total. The number of hydrogen-bond donors (Lipinski definition) is 2. The summed E-state index contributed by atoms with van der Waals surface area (Å²) in [7, 11) is 0. The van der Waals surface area contributed by atoms with Crippen molar-refractivity contribution in [1.29, 1.82) is 0 Å². The summed E-state index contributed by atoms with van der Waals surface area (Å²) in [6, 6.07) is 4.64. The predicted molar refractivity (Wildman–Crippen MR) is 59.0 cm³/mol. The van der Waals surface area contributed by atoms with Gasteiger partial charge in [-0.1, -0.05) is 0 Å². The Hall–Kier alpha value is -0.380. The van der Waals surface area contributed by atoms with Gasteiger partial charge in [0.15, 0.2) is 0 Å². The zero-order valence-corrected chi connectivity index (χ0v) is 9.16. The molecule has 0 spiro atoms. The van der Waals surface area contributed by atoms with Crippen molar-refractivity contribution in [2.45, 2.75) is 32.9 Å². The van der Waals surface area contributed by atoms with Crippen LogP contribution in [0.4, 0.5) is 0 Å². The first kappa shape index (κ1) is 10.7. The van der Waals surface area contributed by atoms with E-state index in [-0.39, 0.29) is 0 Å². The third kappa shape index (κ3) is 4.41. The minimum absolute atomic E-state index is 0.303. The maximum atomic E-state index is 5.64. The summed E-state index contributed by atoms with van der Waals surface area (Å²) in [6.07, 6.45) is 1.05. The van der Waals surface area contributed by atoms with E-state index >= 15 is 0 Å². The zero-order chi connectivity index (χ0) is 9.68. The van der Waals surface area contributed by atoms with Gasteiger partial charge in [-0.25, -0.2) is 0 Å². The SMILES string of the molecule is Cc1ccc(CNCCC(C)N)s1. The van der Waals surface area contributed by atoms with Crippen LogP contribution in [0.2, 0.25) is 0 Å². The van der Waals surface area contributed by atoms with Gasteiger partial charge in [0.25, 0.3) is 0 Å². The van der Waals surface area contributed by atoms with Crippen molar-refractivity contribution in [2.75, 3.05) is 6.54 Å². The standard InChI is InChI=1S/C10H18N2S/c1-8(11)5-6-12-7-10-4-3-9(2)13-10/h3-4,8,12H,5-7,11H2,1-2H3. The third-order valence-corrected chi connectivity index (χ3v) is 2.87. The molecule has 0 saturated carbocycles. The highest BCUT2D eigenvalue weighted by Crippen LogP contribution is 2.14. The lowest BCUT2D eigenvalue weighted by Crippen LogP contribution is -2.23. The second-order valence-electron chi connectivity index (χ2n) is 3.46. The van der Waals surface area contributed by atoms with E-state index in [0.717, 1.165) is 19.5 Å². The Morgan fingerprint density at radius 2 is 2.31 bits per heavy atom. The van der Waals surface area contributed by atoms with Crippen LogP contribution >= 0.6 is 11.3 Å². The number of nitrogens with one attached hydrogen (secondary N) is 1. The predicted octanol–water partition coefficient (Wildman–Crippen LogP) is 1.88. The normalized spacial score (nSPS) is 13.2. The topological polar surface area (TPSA) is 38.0 Å². The monoisotopic (exact) mass is 198 g/mol. The van der Waals surface area contributed by atoms with Crippen LogP contribution in [0, 0.1) is 6.92 Å². The molecule has 0 aromatic carbocycles. The molecule has 0 aliphatic rings. The first-order chi connectivity index (χ1) is 6.18. The van der Waals surface area contributed by atoms with Crippen molar-refractivity contribution < 1.29 is 0 Å². The molecule has 13 heavy (non-hydrogen) atoms. The highest BCUT2D eigenvalue weighted by Gasteiger charge is 1.96. The Bertz CT molecular complexity index is 243. The Morgan fingerprint density at radius 1 is 1.54 bits per heavy atom. The molecule has 0 bridgehead atoms. The summed E-state index contributed by atoms with van der Waals surface area (Å²) in [5.74, 6) is 0. The molecule has 74 valence electrons. The highest BCUT2D eigenvalue weighted by atomic mass is 32.1. The molecule has 1 aromatic rings. The molecule has 0 fully saturated rings. The summed E-state index contributed by atoms with van der Waals surface area (Å²) >= 11 is 1.85. The molecule has 3 heteroatoms. The smallest absolute Gasteiger partial charge is 0.0299 e. The van der Waals surface area contributed by atoms with E-state index in [0.29, 0.717) is 6.04 Å². The first-order valence-electron chi connectivity index (χ1n) is 4.70. The van der Waals surface area contributed by atoms with Crippen molar-refractivity contribution in [3.05, 3.63) is 21.9 Å². The van der Waals surface area contributed by atoms with Crippen LogP contribution in [-0.4, -0.2) is 12.6 Å². The zero-order valence-electron chi connectivity index (χ0n) is 8.34. The van der Waals surface area contributed by atoms with Crippen LogP contribution in [-0.2, 0) is 6.54 Å². The number of rotatable bonds is 5. The summed E-state index contributed by atoms with van der Waals surface area (Å²) in [4.78, 5) is 2.78. The van der Waals surface area contributed by atoms with E-state index in [1.165, 1.54) is 9.75 Å². The van der Waals surface area contributed by atoms with Gasteiger partial charge in [-0.05, 0) is 38.9 Å². The van der Waals surface area contributed by atoms with Gasteiger partial charge in [-0.3, -0.25) is 0 Å². The maximum Gasteiger partial charge on any atom is 0.0299 e. The molecule has 0 amide bonds. The number of nitrogens with two attached hydrogens (primary N) is 1. The second-order valence-corrected chi connectivity index (χ2v) is 4.83. The lowest BCUT2D eigenvalue weighted by atomic mass is 10.2. The van der Waals surface area contributed by atoms with Gasteiger partial charge in [-0.15, -0.1) is 11.3 Å². The van der Waals surface area contributed by atoms with Gasteiger partial charge in [0.05, 0.1) is 0 Å². The summed E-state index contributed by atoms with van der Waals surface area (Å²) in [5, 5.41) is 3.38. The van der Waals surface area contributed by atoms with Crippen LogP contribution in [0.15, 0.2) is 12.1 Å². The van der Waals surface area contributed by atoms with E-state index < -0.39 is 0 Å². The largest absolute Gasteiger partial charge is 0.328 e. The fourth-order valence-electron chi connectivity index (χ4n) is 1.12. The quantitative estimate of drug-likeness (QED) is 0.709. The highest BCUT2D eigenvalue weighted by molar-refractivity contribution is 7.11. The second kappa shape index (κ2) is 5.37. The Labute approximate surface area is 84.2 Å². The van der Waals surface area contributed by atoms with E-state index in [2.05, 4.69) is 24.4 Å². The van der Waals surface area contributed by atoms with E-state index in [1.807, 2.05) is 18.3 Å². The lowest BCUT2D eigenvalue weighted by molar-refractivity contribution is 0.591. The minimum atomic E-state index is 0.303. The lowest BCUT2D eigenvalue weighted by Gasteiger charge is -2.05. The molecule has 1 unspecified atom stereocenters. The molecule has 1 heterocycles. The van der Waals surface area contributed by atoms with Crippen molar-refractivity contribution in [3.8, 4) is 0 Å². The molecular formula is C10H18N2S. The van der Waals surface area contributed by atoms with Crippen molar-refractivity contribution in [3.63, 3.8) is 0 Å². The minimum Gasteiger partial charge on any atom is -0.328 e. The van der Waals surface area contributed by atoms with Gasteiger partial charge in [-0.2, -0.15) is 0 Å². The van der Waals surface area contributed by atoms with Crippen LogP contribution in [0.5, 0.6) is 0 Å². The van der Waals surface area contributed by atoms with E-state index in [1.54, 1.807) is 0 Å². The average Bonchev–Trinajstić information content (AvgIpc) is 2.45. The maximum absolute atomic E-state index is 5.64. The molecule has 0 aliphatic carbocycles. The Kier molecular flexibility index (Phi) is 4.42. The van der Waals surface area contributed by atoms with Gasteiger partial charge in [0, 0.05) is 22.3 Å². The molecule has 0 radical (unpaired) electrons. The number of hydrogen-bond acceptors (Lipinski definition) is 3. The van der Waals surface area contributed by atoms with Gasteiger partial charge < -0.3 is 11.1 Å². The fourth-order valence-corrected chi connectivity index (χ4v) is 1.98. The van der Waals surface area contributed by atoms with Crippen LogP contribution in [0.3, 0.4) is 0 Å². The fraction of sp³-hybridized carbons (Fsp3) is 0.600. The Morgan fingerprint density at radius 3 is 2.85 bits per heavy atom. The van der Waals surface area contributed by atoms with Crippen LogP contribution in [0.1, 0.15) is 23.1 Å². The molecule has 0 aliphatic heterocycles. The molecular weight excluding hydrogens is 180 g/mol. The molecule has 1 rings (SSSR count).